The Hall–Kier alpha value is -0.940. The Kier molecular flexibility index (Phi) is 5.08. The van der Waals surface area contributed by atoms with E-state index in [-0.39, 0.29) is 18.2 Å². The topological polar surface area (TPSA) is 48.4 Å². The minimum Gasteiger partial charge on any atom is -0.460 e. The molecule has 0 saturated heterocycles. The normalized spacial score (nSPS) is 11.3. The first-order valence-electron chi connectivity index (χ1n) is 5.31. The summed E-state index contributed by atoms with van der Waals surface area (Å²) < 4.78 is 11.2. The number of aromatic nitrogens is 1. The molecule has 1 heterocycles. The van der Waals surface area contributed by atoms with E-state index in [0.29, 0.717) is 16.8 Å². The second-order valence-corrected chi connectivity index (χ2v) is 5.28. The summed E-state index contributed by atoms with van der Waals surface area (Å²) in [4.78, 5) is 15.5. The second-order valence-electron chi connectivity index (χ2n) is 4.47. The molecule has 5 heteroatoms. The highest BCUT2D eigenvalue weighted by atomic mass is 79.9. The van der Waals surface area contributed by atoms with E-state index in [9.17, 15) is 4.79 Å². The number of rotatable bonds is 4. The van der Waals surface area contributed by atoms with Crippen molar-refractivity contribution in [2.24, 2.45) is 0 Å². The first kappa shape index (κ1) is 14.1. The van der Waals surface area contributed by atoms with Crippen LogP contribution in [0.5, 0.6) is 0 Å². The van der Waals surface area contributed by atoms with Crippen LogP contribution < -0.4 is 0 Å². The van der Waals surface area contributed by atoms with E-state index >= 15 is 0 Å². The van der Waals surface area contributed by atoms with Crippen molar-refractivity contribution < 1.29 is 14.3 Å². The lowest BCUT2D eigenvalue weighted by Gasteiger charge is -2.19. The highest BCUT2D eigenvalue weighted by Gasteiger charge is 2.11. The molecule has 0 spiro atoms. The van der Waals surface area contributed by atoms with Gasteiger partial charge in [-0.2, -0.15) is 0 Å². The molecule has 0 amide bonds. The molecule has 0 N–H and O–H groups in total. The summed E-state index contributed by atoms with van der Waals surface area (Å²) >= 11 is 3.20. The van der Waals surface area contributed by atoms with Crippen LogP contribution in [0.25, 0.3) is 0 Å². The zero-order valence-corrected chi connectivity index (χ0v) is 11.8. The summed E-state index contributed by atoms with van der Waals surface area (Å²) in [5.74, 6) is -0.387. The summed E-state index contributed by atoms with van der Waals surface area (Å²) in [6.07, 6.45) is 1.47. The molecule has 94 valence electrons. The number of halogens is 1. The van der Waals surface area contributed by atoms with Crippen molar-refractivity contribution >= 4 is 21.9 Å². The lowest BCUT2D eigenvalue weighted by molar-refractivity contribution is -0.0281. The predicted octanol–water partition coefficient (Wildman–Crippen LogP) is 2.82. The molecule has 1 rings (SSSR count). The predicted molar refractivity (Wildman–Crippen MR) is 67.9 cm³/mol. The first-order valence-corrected chi connectivity index (χ1v) is 6.10. The maximum absolute atomic E-state index is 11.5. The van der Waals surface area contributed by atoms with Gasteiger partial charge in [-0.15, -0.1) is 0 Å². The minimum absolute atomic E-state index is 0.217. The van der Waals surface area contributed by atoms with E-state index in [1.165, 1.54) is 6.20 Å². The fourth-order valence-corrected chi connectivity index (χ4v) is 1.30. The molecular weight excluding hydrogens is 286 g/mol. The zero-order valence-electron chi connectivity index (χ0n) is 10.2. The SMILES string of the molecule is CC(C)(C)OCCOC(=O)c1ccc(Br)nc1. The molecule has 4 nitrogen and oxygen atoms in total. The fourth-order valence-electron chi connectivity index (χ4n) is 1.06. The van der Waals surface area contributed by atoms with Crippen molar-refractivity contribution in [3.05, 3.63) is 28.5 Å². The Morgan fingerprint density at radius 1 is 1.35 bits per heavy atom. The summed E-state index contributed by atoms with van der Waals surface area (Å²) in [6, 6.07) is 3.35. The van der Waals surface area contributed by atoms with Gasteiger partial charge in [0.05, 0.1) is 17.8 Å². The van der Waals surface area contributed by atoms with Crippen LogP contribution >= 0.6 is 15.9 Å². The molecule has 17 heavy (non-hydrogen) atoms. The van der Waals surface area contributed by atoms with Gasteiger partial charge in [0.1, 0.15) is 11.2 Å². The molecule has 0 radical (unpaired) electrons. The zero-order chi connectivity index (χ0) is 12.9. The molecule has 1 aromatic heterocycles. The Balaban J connectivity index is 2.33. The molecular formula is C12H16BrNO3. The standard InChI is InChI=1S/C12H16BrNO3/c1-12(2,3)17-7-6-16-11(15)9-4-5-10(13)14-8-9/h4-5,8H,6-7H2,1-3H3. The average molecular weight is 302 g/mol. The van der Waals surface area contributed by atoms with Gasteiger partial charge in [-0.05, 0) is 48.8 Å². The van der Waals surface area contributed by atoms with E-state index < -0.39 is 0 Å². The smallest absolute Gasteiger partial charge is 0.339 e. The van der Waals surface area contributed by atoms with Gasteiger partial charge in [-0.1, -0.05) is 0 Å². The van der Waals surface area contributed by atoms with Crippen LogP contribution in [0.1, 0.15) is 31.1 Å². The number of esters is 1. The number of nitrogens with zero attached hydrogens (tertiary/aromatic N) is 1. The van der Waals surface area contributed by atoms with Gasteiger partial charge >= 0.3 is 5.97 Å². The van der Waals surface area contributed by atoms with Crippen molar-refractivity contribution in [2.75, 3.05) is 13.2 Å². The van der Waals surface area contributed by atoms with Crippen LogP contribution in [0.4, 0.5) is 0 Å². The summed E-state index contributed by atoms with van der Waals surface area (Å²) in [7, 11) is 0. The van der Waals surface area contributed by atoms with Crippen LogP contribution in [-0.2, 0) is 9.47 Å². The Morgan fingerprint density at radius 2 is 2.06 bits per heavy atom. The van der Waals surface area contributed by atoms with Crippen LogP contribution in [0.2, 0.25) is 0 Å². The molecule has 0 aliphatic carbocycles. The quantitative estimate of drug-likeness (QED) is 0.487. The molecule has 0 fully saturated rings. The monoisotopic (exact) mass is 301 g/mol. The molecule has 0 aliphatic heterocycles. The van der Waals surface area contributed by atoms with Crippen molar-refractivity contribution in [1.82, 2.24) is 4.98 Å². The van der Waals surface area contributed by atoms with Crippen LogP contribution in [0.15, 0.2) is 22.9 Å². The van der Waals surface area contributed by atoms with Crippen molar-refractivity contribution in [3.8, 4) is 0 Å². The molecule has 0 unspecified atom stereocenters. The Labute approximate surface area is 109 Å². The molecule has 0 aromatic carbocycles. The summed E-state index contributed by atoms with van der Waals surface area (Å²) in [6.45, 7) is 6.49. The van der Waals surface area contributed by atoms with E-state index in [2.05, 4.69) is 20.9 Å². The number of hydrogen-bond donors (Lipinski definition) is 0. The third-order valence-electron chi connectivity index (χ3n) is 1.81. The van der Waals surface area contributed by atoms with Gasteiger partial charge < -0.3 is 9.47 Å². The lowest BCUT2D eigenvalue weighted by Crippen LogP contribution is -2.22. The third-order valence-corrected chi connectivity index (χ3v) is 2.28. The van der Waals surface area contributed by atoms with Gasteiger partial charge in [-0.3, -0.25) is 0 Å². The number of pyridine rings is 1. The second kappa shape index (κ2) is 6.12. The fraction of sp³-hybridized carbons (Fsp3) is 0.500. The first-order chi connectivity index (χ1) is 7.88. The van der Waals surface area contributed by atoms with Crippen molar-refractivity contribution in [3.63, 3.8) is 0 Å². The number of carbonyl (C=O) groups is 1. The van der Waals surface area contributed by atoms with Crippen LogP contribution in [0, 0.1) is 0 Å². The van der Waals surface area contributed by atoms with Crippen molar-refractivity contribution in [2.45, 2.75) is 26.4 Å². The van der Waals surface area contributed by atoms with Gasteiger partial charge in [-0.25, -0.2) is 9.78 Å². The van der Waals surface area contributed by atoms with Gasteiger partial charge in [0.15, 0.2) is 0 Å². The van der Waals surface area contributed by atoms with E-state index in [4.69, 9.17) is 9.47 Å². The van der Waals surface area contributed by atoms with Gasteiger partial charge in [0, 0.05) is 6.20 Å². The Bertz CT molecular complexity index is 370. The number of carbonyl (C=O) groups excluding carboxylic acids is 1. The minimum atomic E-state index is -0.387. The summed E-state index contributed by atoms with van der Waals surface area (Å²) in [5.41, 5.74) is 0.218. The van der Waals surface area contributed by atoms with Crippen molar-refractivity contribution in [1.29, 1.82) is 0 Å². The number of hydrogen-bond acceptors (Lipinski definition) is 4. The van der Waals surface area contributed by atoms with Crippen LogP contribution in [0.3, 0.4) is 0 Å². The van der Waals surface area contributed by atoms with Crippen LogP contribution in [-0.4, -0.2) is 29.8 Å². The van der Waals surface area contributed by atoms with E-state index in [1.807, 2.05) is 20.8 Å². The van der Waals surface area contributed by atoms with E-state index in [0.717, 1.165) is 0 Å². The summed E-state index contributed by atoms with van der Waals surface area (Å²) in [5, 5.41) is 0. The molecule has 0 saturated carbocycles. The maximum atomic E-state index is 11.5. The maximum Gasteiger partial charge on any atom is 0.339 e. The molecule has 0 aliphatic rings. The van der Waals surface area contributed by atoms with E-state index in [1.54, 1.807) is 12.1 Å². The largest absolute Gasteiger partial charge is 0.460 e. The lowest BCUT2D eigenvalue weighted by atomic mass is 10.2. The highest BCUT2D eigenvalue weighted by molar-refractivity contribution is 9.10. The molecule has 0 atom stereocenters. The third kappa shape index (κ3) is 5.79. The molecule has 1 aromatic rings. The average Bonchev–Trinajstić information content (AvgIpc) is 2.24. The van der Waals surface area contributed by atoms with Gasteiger partial charge in [0.25, 0.3) is 0 Å². The Morgan fingerprint density at radius 3 is 2.59 bits per heavy atom. The highest BCUT2D eigenvalue weighted by Crippen LogP contribution is 2.08. The molecule has 0 bridgehead atoms. The van der Waals surface area contributed by atoms with Gasteiger partial charge in [0.2, 0.25) is 0 Å². The number of ether oxygens (including phenoxy) is 2.